The third kappa shape index (κ3) is 5.34. The van der Waals surface area contributed by atoms with Crippen molar-refractivity contribution in [1.29, 1.82) is 0 Å². The van der Waals surface area contributed by atoms with Gasteiger partial charge in [0.2, 0.25) is 0 Å². The molecule has 2 rings (SSSR count). The third-order valence-electron chi connectivity index (χ3n) is 3.66. The van der Waals surface area contributed by atoms with E-state index in [1.807, 2.05) is 27.7 Å². The van der Waals surface area contributed by atoms with Gasteiger partial charge in [-0.15, -0.1) is 0 Å². The average Bonchev–Trinajstić information content (AvgIpc) is 2.56. The molecule has 1 heterocycles. The summed E-state index contributed by atoms with van der Waals surface area (Å²) >= 11 is 0. The lowest BCUT2D eigenvalue weighted by atomic mass is 10.00. The van der Waals surface area contributed by atoms with Crippen LogP contribution in [0.15, 0.2) is 33.5 Å². The number of ether oxygens (including phenoxy) is 1. The summed E-state index contributed by atoms with van der Waals surface area (Å²) in [5, 5.41) is 5.59. The first-order chi connectivity index (χ1) is 12.3. The highest BCUT2D eigenvalue weighted by Crippen LogP contribution is 2.26. The summed E-state index contributed by atoms with van der Waals surface area (Å²) in [4.78, 5) is 35.0. The summed E-state index contributed by atoms with van der Waals surface area (Å²) in [5.41, 5.74) is 0.856. The number of amides is 3. The Labute approximate surface area is 151 Å². The number of hydrogen-bond donors (Lipinski definition) is 2. The SMILES string of the molecule is CC(C)CNC(=O)NC(=O)COc1ccc2c(C(C)C)cc(=O)oc2c1. The zero-order valence-corrected chi connectivity index (χ0v) is 15.4. The van der Waals surface area contributed by atoms with Crippen molar-refractivity contribution in [2.24, 2.45) is 5.92 Å². The van der Waals surface area contributed by atoms with Crippen molar-refractivity contribution in [2.75, 3.05) is 13.2 Å². The van der Waals surface area contributed by atoms with Crippen LogP contribution >= 0.6 is 0 Å². The Hall–Kier alpha value is -2.83. The number of carbonyl (C=O) groups excluding carboxylic acids is 2. The Morgan fingerprint density at radius 1 is 1.15 bits per heavy atom. The Morgan fingerprint density at radius 3 is 2.54 bits per heavy atom. The van der Waals surface area contributed by atoms with Crippen LogP contribution in [0.5, 0.6) is 5.75 Å². The molecule has 0 saturated heterocycles. The van der Waals surface area contributed by atoms with E-state index in [0.29, 0.717) is 17.9 Å². The minimum atomic E-state index is -0.566. The van der Waals surface area contributed by atoms with Crippen molar-refractivity contribution >= 4 is 22.9 Å². The smallest absolute Gasteiger partial charge is 0.336 e. The van der Waals surface area contributed by atoms with Crippen LogP contribution in [0.2, 0.25) is 0 Å². The Balaban J connectivity index is 2.02. The molecule has 0 bridgehead atoms. The summed E-state index contributed by atoms with van der Waals surface area (Å²) < 4.78 is 10.6. The molecule has 140 valence electrons. The maximum atomic E-state index is 11.8. The molecule has 0 aliphatic carbocycles. The minimum Gasteiger partial charge on any atom is -0.484 e. The molecule has 1 aromatic carbocycles. The number of urea groups is 1. The molecular weight excluding hydrogens is 336 g/mol. The van der Waals surface area contributed by atoms with Crippen LogP contribution in [-0.2, 0) is 4.79 Å². The lowest BCUT2D eigenvalue weighted by Crippen LogP contribution is -2.42. The minimum absolute atomic E-state index is 0.170. The van der Waals surface area contributed by atoms with Gasteiger partial charge in [0, 0.05) is 24.1 Å². The maximum absolute atomic E-state index is 11.8. The molecule has 0 atom stereocenters. The van der Waals surface area contributed by atoms with Gasteiger partial charge in [-0.1, -0.05) is 27.7 Å². The van der Waals surface area contributed by atoms with Gasteiger partial charge in [0.25, 0.3) is 5.91 Å². The lowest BCUT2D eigenvalue weighted by molar-refractivity contribution is -0.122. The molecule has 0 aliphatic heterocycles. The van der Waals surface area contributed by atoms with Crippen molar-refractivity contribution in [3.8, 4) is 5.75 Å². The zero-order valence-electron chi connectivity index (χ0n) is 15.4. The molecule has 7 heteroatoms. The van der Waals surface area contributed by atoms with Crippen molar-refractivity contribution < 1.29 is 18.7 Å². The molecule has 0 unspecified atom stereocenters. The van der Waals surface area contributed by atoms with E-state index in [1.165, 1.54) is 6.07 Å². The molecule has 0 radical (unpaired) electrons. The second-order valence-electron chi connectivity index (χ2n) is 6.77. The van der Waals surface area contributed by atoms with E-state index >= 15 is 0 Å². The number of carbonyl (C=O) groups is 2. The fraction of sp³-hybridized carbons (Fsp3) is 0.421. The quantitative estimate of drug-likeness (QED) is 0.772. The van der Waals surface area contributed by atoms with Crippen molar-refractivity contribution in [3.05, 3.63) is 40.2 Å². The van der Waals surface area contributed by atoms with E-state index in [1.54, 1.807) is 18.2 Å². The van der Waals surface area contributed by atoms with Gasteiger partial charge < -0.3 is 14.5 Å². The fourth-order valence-corrected chi connectivity index (χ4v) is 2.39. The van der Waals surface area contributed by atoms with Crippen LogP contribution in [0.4, 0.5) is 4.79 Å². The predicted molar refractivity (Wildman–Crippen MR) is 98.4 cm³/mol. The molecule has 0 fully saturated rings. The second kappa shape index (κ2) is 8.51. The van der Waals surface area contributed by atoms with E-state index in [9.17, 15) is 14.4 Å². The van der Waals surface area contributed by atoms with E-state index in [0.717, 1.165) is 10.9 Å². The third-order valence-corrected chi connectivity index (χ3v) is 3.66. The Bertz CT molecular complexity index is 855. The maximum Gasteiger partial charge on any atom is 0.336 e. The molecule has 0 aliphatic rings. The van der Waals surface area contributed by atoms with E-state index in [4.69, 9.17) is 9.15 Å². The van der Waals surface area contributed by atoms with E-state index in [2.05, 4.69) is 10.6 Å². The number of imide groups is 1. The van der Waals surface area contributed by atoms with Crippen LogP contribution in [0.25, 0.3) is 11.0 Å². The van der Waals surface area contributed by atoms with Crippen LogP contribution in [-0.4, -0.2) is 25.1 Å². The fourth-order valence-electron chi connectivity index (χ4n) is 2.39. The van der Waals surface area contributed by atoms with Gasteiger partial charge in [0.1, 0.15) is 11.3 Å². The monoisotopic (exact) mass is 360 g/mol. The molecule has 0 saturated carbocycles. The summed E-state index contributed by atoms with van der Waals surface area (Å²) in [7, 11) is 0. The lowest BCUT2D eigenvalue weighted by Gasteiger charge is -2.11. The van der Waals surface area contributed by atoms with Crippen LogP contribution in [0, 0.1) is 5.92 Å². The van der Waals surface area contributed by atoms with Crippen molar-refractivity contribution in [2.45, 2.75) is 33.6 Å². The first kappa shape index (κ1) is 19.5. The van der Waals surface area contributed by atoms with Crippen LogP contribution in [0.1, 0.15) is 39.2 Å². The molecule has 26 heavy (non-hydrogen) atoms. The van der Waals surface area contributed by atoms with E-state index < -0.39 is 17.6 Å². The number of fused-ring (bicyclic) bond motifs is 1. The van der Waals surface area contributed by atoms with Gasteiger partial charge >= 0.3 is 11.7 Å². The summed E-state index contributed by atoms with van der Waals surface area (Å²) in [6.07, 6.45) is 0. The topological polar surface area (TPSA) is 97.6 Å². The van der Waals surface area contributed by atoms with Gasteiger partial charge in [-0.05, 0) is 29.5 Å². The molecule has 2 aromatic rings. The van der Waals surface area contributed by atoms with Gasteiger partial charge in [-0.25, -0.2) is 9.59 Å². The van der Waals surface area contributed by atoms with Gasteiger partial charge in [0.15, 0.2) is 6.61 Å². The van der Waals surface area contributed by atoms with Crippen LogP contribution in [0.3, 0.4) is 0 Å². The van der Waals surface area contributed by atoms with Gasteiger partial charge in [0.05, 0.1) is 0 Å². The first-order valence-electron chi connectivity index (χ1n) is 8.54. The Morgan fingerprint density at radius 2 is 1.88 bits per heavy atom. The van der Waals surface area contributed by atoms with Gasteiger partial charge in [-0.3, -0.25) is 10.1 Å². The second-order valence-corrected chi connectivity index (χ2v) is 6.77. The number of rotatable bonds is 6. The van der Waals surface area contributed by atoms with Crippen LogP contribution < -0.4 is 21.0 Å². The average molecular weight is 360 g/mol. The molecule has 1 aromatic heterocycles. The number of benzene rings is 1. The van der Waals surface area contributed by atoms with E-state index in [-0.39, 0.29) is 18.4 Å². The van der Waals surface area contributed by atoms with Gasteiger partial charge in [-0.2, -0.15) is 0 Å². The Kier molecular flexibility index (Phi) is 6.38. The normalized spacial score (nSPS) is 11.0. The highest BCUT2D eigenvalue weighted by Gasteiger charge is 2.12. The summed E-state index contributed by atoms with van der Waals surface area (Å²) in [5.74, 6) is 0.265. The highest BCUT2D eigenvalue weighted by molar-refractivity contribution is 5.95. The number of nitrogens with one attached hydrogen (secondary N) is 2. The van der Waals surface area contributed by atoms with Crippen molar-refractivity contribution in [1.82, 2.24) is 10.6 Å². The predicted octanol–water partition coefficient (Wildman–Crippen LogP) is 2.78. The standard InChI is InChI=1S/C19H24N2O5/c1-11(2)9-20-19(24)21-17(22)10-25-13-5-6-14-15(12(3)4)8-18(23)26-16(14)7-13/h5-8,11-12H,9-10H2,1-4H3,(H2,20,21,22,24). The zero-order chi connectivity index (χ0) is 19.3. The number of hydrogen-bond acceptors (Lipinski definition) is 5. The molecule has 2 N–H and O–H groups in total. The van der Waals surface area contributed by atoms with Crippen molar-refractivity contribution in [3.63, 3.8) is 0 Å². The molecular formula is C19H24N2O5. The highest BCUT2D eigenvalue weighted by atomic mass is 16.5. The summed E-state index contributed by atoms with van der Waals surface area (Å²) in [6.45, 7) is 8.04. The molecule has 3 amide bonds. The molecule has 0 spiro atoms. The largest absolute Gasteiger partial charge is 0.484 e. The summed E-state index contributed by atoms with van der Waals surface area (Å²) in [6, 6.07) is 5.97. The molecule has 7 nitrogen and oxygen atoms in total. The first-order valence-corrected chi connectivity index (χ1v) is 8.54.